The van der Waals surface area contributed by atoms with Crippen LogP contribution in [0.1, 0.15) is 5.56 Å². The molecule has 1 rings (SSSR count). The third-order valence-electron chi connectivity index (χ3n) is 1.56. The first-order chi connectivity index (χ1) is 7.23. The molecule has 0 amide bonds. The Morgan fingerprint density at radius 3 is 2.19 bits per heavy atom. The summed E-state index contributed by atoms with van der Waals surface area (Å²) in [5, 5.41) is -0.733. The first-order valence-corrected chi connectivity index (χ1v) is 4.11. The molecule has 90 valence electrons. The molecule has 1 nitrogen and oxygen atoms in total. The van der Waals surface area contributed by atoms with Crippen LogP contribution in [0.3, 0.4) is 0 Å². The van der Waals surface area contributed by atoms with E-state index in [2.05, 4.69) is 4.74 Å². The number of ether oxygens (including phenoxy) is 1. The molecule has 1 aromatic rings. The molecular weight excluding hydrogens is 262 g/mol. The fourth-order valence-corrected chi connectivity index (χ4v) is 1.11. The van der Waals surface area contributed by atoms with Gasteiger partial charge in [0.1, 0.15) is 5.56 Å². The largest absolute Gasteiger partial charge is 0.431 e. The molecule has 0 aliphatic rings. The van der Waals surface area contributed by atoms with E-state index in [9.17, 15) is 26.3 Å². The zero-order valence-corrected chi connectivity index (χ0v) is 8.04. The molecule has 1 aromatic carbocycles. The van der Waals surface area contributed by atoms with Crippen LogP contribution in [0.15, 0.2) is 12.1 Å². The predicted octanol–water partition coefficient (Wildman–Crippen LogP) is 4.10. The Labute approximate surface area is 90.6 Å². The lowest BCUT2D eigenvalue weighted by Gasteiger charge is -2.14. The van der Waals surface area contributed by atoms with Crippen molar-refractivity contribution in [3.8, 4) is 5.75 Å². The van der Waals surface area contributed by atoms with E-state index in [1.54, 1.807) is 0 Å². The van der Waals surface area contributed by atoms with Gasteiger partial charge in [-0.05, 0) is 12.1 Å². The maximum absolute atomic E-state index is 13.1. The van der Waals surface area contributed by atoms with Gasteiger partial charge in [0, 0.05) is 0 Å². The van der Waals surface area contributed by atoms with Gasteiger partial charge in [-0.25, -0.2) is 4.39 Å². The minimum atomic E-state index is -5.00. The standard InChI is InChI=1S/C8H3ClF6O/c9-4-2-1-3(8(13,14)15)6(5(4)10)16-7(11)12/h1-2,7H. The molecule has 0 aliphatic carbocycles. The van der Waals surface area contributed by atoms with Gasteiger partial charge in [-0.15, -0.1) is 0 Å². The summed E-state index contributed by atoms with van der Waals surface area (Å²) in [7, 11) is 0. The Morgan fingerprint density at radius 2 is 1.75 bits per heavy atom. The summed E-state index contributed by atoms with van der Waals surface area (Å²) < 4.78 is 77.0. The molecule has 0 N–H and O–H groups in total. The number of benzene rings is 1. The molecule has 0 unspecified atom stereocenters. The quantitative estimate of drug-likeness (QED) is 0.731. The maximum Gasteiger partial charge on any atom is 0.420 e. The molecular formula is C8H3ClF6O. The van der Waals surface area contributed by atoms with Crippen molar-refractivity contribution in [2.75, 3.05) is 0 Å². The first-order valence-electron chi connectivity index (χ1n) is 3.73. The van der Waals surface area contributed by atoms with Crippen LogP contribution in [0.4, 0.5) is 26.3 Å². The molecule has 0 aromatic heterocycles. The second-order valence-electron chi connectivity index (χ2n) is 2.61. The van der Waals surface area contributed by atoms with Crippen LogP contribution in [-0.4, -0.2) is 6.61 Å². The number of hydrogen-bond acceptors (Lipinski definition) is 1. The normalized spacial score (nSPS) is 12.0. The fourth-order valence-electron chi connectivity index (χ4n) is 0.960. The van der Waals surface area contributed by atoms with E-state index in [1.165, 1.54) is 0 Å². The molecule has 0 saturated heterocycles. The minimum absolute atomic E-state index is 0.364. The zero-order chi connectivity index (χ0) is 12.5. The molecule has 0 saturated carbocycles. The minimum Gasteiger partial charge on any atom is -0.431 e. The van der Waals surface area contributed by atoms with Gasteiger partial charge in [0.15, 0.2) is 11.6 Å². The van der Waals surface area contributed by atoms with E-state index in [4.69, 9.17) is 11.6 Å². The van der Waals surface area contributed by atoms with E-state index in [-0.39, 0.29) is 0 Å². The van der Waals surface area contributed by atoms with E-state index < -0.39 is 34.9 Å². The van der Waals surface area contributed by atoms with Crippen molar-refractivity contribution in [1.82, 2.24) is 0 Å². The Balaban J connectivity index is 3.33. The van der Waals surface area contributed by atoms with Crippen molar-refractivity contribution in [1.29, 1.82) is 0 Å². The number of alkyl halides is 5. The van der Waals surface area contributed by atoms with E-state index in [0.29, 0.717) is 12.1 Å². The fraction of sp³-hybridized carbons (Fsp3) is 0.250. The second kappa shape index (κ2) is 4.40. The Kier molecular flexibility index (Phi) is 3.57. The summed E-state index contributed by atoms with van der Waals surface area (Å²) in [4.78, 5) is 0. The smallest absolute Gasteiger partial charge is 0.420 e. The molecule has 0 fully saturated rings. The van der Waals surface area contributed by atoms with Crippen molar-refractivity contribution in [2.45, 2.75) is 12.8 Å². The molecule has 0 aliphatic heterocycles. The topological polar surface area (TPSA) is 9.23 Å². The van der Waals surface area contributed by atoms with Crippen LogP contribution < -0.4 is 4.74 Å². The van der Waals surface area contributed by atoms with Gasteiger partial charge in [0.2, 0.25) is 0 Å². The summed E-state index contributed by atoms with van der Waals surface area (Å²) in [6, 6.07) is 0.973. The molecule has 0 radical (unpaired) electrons. The second-order valence-corrected chi connectivity index (χ2v) is 3.02. The number of rotatable bonds is 2. The summed E-state index contributed by atoms with van der Waals surface area (Å²) in [5.74, 6) is -3.27. The first kappa shape index (κ1) is 13.0. The van der Waals surface area contributed by atoms with Gasteiger partial charge < -0.3 is 4.74 Å². The number of halogens is 7. The predicted molar refractivity (Wildman–Crippen MR) is 43.0 cm³/mol. The highest BCUT2D eigenvalue weighted by molar-refractivity contribution is 6.30. The van der Waals surface area contributed by atoms with Gasteiger partial charge in [-0.3, -0.25) is 0 Å². The molecule has 0 atom stereocenters. The summed E-state index contributed by atoms with van der Waals surface area (Å²) in [6.45, 7) is -3.57. The van der Waals surface area contributed by atoms with Crippen LogP contribution in [0.5, 0.6) is 5.75 Å². The van der Waals surface area contributed by atoms with Gasteiger partial charge in [-0.1, -0.05) is 11.6 Å². The van der Waals surface area contributed by atoms with Crippen molar-refractivity contribution in [2.24, 2.45) is 0 Å². The highest BCUT2D eigenvalue weighted by atomic mass is 35.5. The van der Waals surface area contributed by atoms with E-state index in [0.717, 1.165) is 0 Å². The van der Waals surface area contributed by atoms with Crippen molar-refractivity contribution in [3.05, 3.63) is 28.5 Å². The van der Waals surface area contributed by atoms with Crippen LogP contribution in [-0.2, 0) is 6.18 Å². The highest BCUT2D eigenvalue weighted by Gasteiger charge is 2.37. The van der Waals surface area contributed by atoms with Crippen LogP contribution in [0.25, 0.3) is 0 Å². The molecule has 0 spiro atoms. The summed E-state index contributed by atoms with van der Waals surface area (Å²) >= 11 is 5.15. The van der Waals surface area contributed by atoms with E-state index in [1.807, 2.05) is 0 Å². The van der Waals surface area contributed by atoms with Gasteiger partial charge in [-0.2, -0.15) is 22.0 Å². The van der Waals surface area contributed by atoms with Crippen LogP contribution in [0.2, 0.25) is 5.02 Å². The molecule has 16 heavy (non-hydrogen) atoms. The Hall–Kier alpha value is -1.11. The lowest BCUT2D eigenvalue weighted by molar-refractivity contribution is -0.142. The SMILES string of the molecule is Fc1c(Cl)ccc(C(F)(F)F)c1OC(F)F. The number of hydrogen-bond donors (Lipinski definition) is 0. The average Bonchev–Trinajstić information content (AvgIpc) is 2.10. The average molecular weight is 265 g/mol. The van der Waals surface area contributed by atoms with Gasteiger partial charge in [0.05, 0.1) is 5.02 Å². The summed E-state index contributed by atoms with van der Waals surface area (Å²) in [6.07, 6.45) is -5.00. The van der Waals surface area contributed by atoms with Crippen LogP contribution >= 0.6 is 11.6 Å². The third-order valence-corrected chi connectivity index (χ3v) is 1.85. The Bertz CT molecular complexity index is 389. The highest BCUT2D eigenvalue weighted by Crippen LogP contribution is 2.40. The van der Waals surface area contributed by atoms with Crippen molar-refractivity contribution >= 4 is 11.6 Å². The third kappa shape index (κ3) is 2.72. The monoisotopic (exact) mass is 264 g/mol. The Morgan fingerprint density at radius 1 is 1.19 bits per heavy atom. The van der Waals surface area contributed by atoms with Crippen LogP contribution in [0, 0.1) is 5.82 Å². The molecule has 0 bridgehead atoms. The van der Waals surface area contributed by atoms with E-state index >= 15 is 0 Å². The van der Waals surface area contributed by atoms with Crippen molar-refractivity contribution in [3.63, 3.8) is 0 Å². The molecule has 8 heteroatoms. The zero-order valence-electron chi connectivity index (χ0n) is 7.29. The van der Waals surface area contributed by atoms with Gasteiger partial charge >= 0.3 is 12.8 Å². The lowest BCUT2D eigenvalue weighted by Crippen LogP contribution is -2.13. The lowest BCUT2D eigenvalue weighted by atomic mass is 10.2. The maximum atomic E-state index is 13.1. The molecule has 0 heterocycles. The van der Waals surface area contributed by atoms with Crippen molar-refractivity contribution < 1.29 is 31.1 Å². The van der Waals surface area contributed by atoms with Gasteiger partial charge in [0.25, 0.3) is 0 Å². The summed E-state index contributed by atoms with van der Waals surface area (Å²) in [5.41, 5.74) is -1.64.